The van der Waals surface area contributed by atoms with E-state index in [4.69, 9.17) is 5.11 Å². The zero-order valence-corrected chi connectivity index (χ0v) is 13.0. The SMILES string of the molecule is Cc1ccc(C(O)CCN2CCCN(CCO)CC2)cc1. The molecule has 0 amide bonds. The van der Waals surface area contributed by atoms with Crippen LogP contribution < -0.4 is 0 Å². The first-order valence-corrected chi connectivity index (χ1v) is 7.99. The number of hydrogen-bond acceptors (Lipinski definition) is 4. The van der Waals surface area contributed by atoms with Crippen molar-refractivity contribution in [2.75, 3.05) is 45.9 Å². The lowest BCUT2D eigenvalue weighted by Crippen LogP contribution is -2.33. The summed E-state index contributed by atoms with van der Waals surface area (Å²) >= 11 is 0. The van der Waals surface area contributed by atoms with Crippen LogP contribution in [0.25, 0.3) is 0 Å². The number of β-amino-alcohol motifs (C(OH)–C–C–N with tert-alkyl or cyclic N) is 1. The van der Waals surface area contributed by atoms with Gasteiger partial charge in [0.15, 0.2) is 0 Å². The predicted molar refractivity (Wildman–Crippen MR) is 85.3 cm³/mol. The van der Waals surface area contributed by atoms with Gasteiger partial charge in [-0.05, 0) is 38.4 Å². The van der Waals surface area contributed by atoms with Gasteiger partial charge in [0.25, 0.3) is 0 Å². The van der Waals surface area contributed by atoms with Crippen LogP contribution in [0.1, 0.15) is 30.1 Å². The lowest BCUT2D eigenvalue weighted by Gasteiger charge is -2.22. The van der Waals surface area contributed by atoms with E-state index in [9.17, 15) is 5.11 Å². The minimum atomic E-state index is -0.373. The molecule has 4 heteroatoms. The Labute approximate surface area is 128 Å². The van der Waals surface area contributed by atoms with Crippen molar-refractivity contribution in [3.05, 3.63) is 35.4 Å². The summed E-state index contributed by atoms with van der Waals surface area (Å²) in [5, 5.41) is 19.3. The van der Waals surface area contributed by atoms with E-state index in [0.717, 1.165) is 57.7 Å². The van der Waals surface area contributed by atoms with Gasteiger partial charge >= 0.3 is 0 Å². The normalized spacial score (nSPS) is 19.4. The first-order valence-electron chi connectivity index (χ1n) is 7.99. The molecule has 2 N–H and O–H groups in total. The molecule has 1 aromatic carbocycles. The summed E-state index contributed by atoms with van der Waals surface area (Å²) in [6.45, 7) is 8.21. The van der Waals surface area contributed by atoms with Gasteiger partial charge in [0.1, 0.15) is 0 Å². The second kappa shape index (κ2) is 8.49. The highest BCUT2D eigenvalue weighted by Gasteiger charge is 2.15. The van der Waals surface area contributed by atoms with E-state index >= 15 is 0 Å². The number of benzene rings is 1. The molecule has 1 atom stereocenters. The van der Waals surface area contributed by atoms with Crippen LogP contribution in [0.4, 0.5) is 0 Å². The standard InChI is InChI=1S/C17H28N2O2/c1-15-3-5-16(6-4-15)17(21)7-10-18-8-2-9-19(12-11-18)13-14-20/h3-6,17,20-21H,2,7-14H2,1H3. The van der Waals surface area contributed by atoms with E-state index in [-0.39, 0.29) is 12.7 Å². The van der Waals surface area contributed by atoms with Crippen molar-refractivity contribution >= 4 is 0 Å². The second-order valence-corrected chi connectivity index (χ2v) is 5.98. The molecule has 118 valence electrons. The van der Waals surface area contributed by atoms with Crippen molar-refractivity contribution in [2.45, 2.75) is 25.9 Å². The lowest BCUT2D eigenvalue weighted by atomic mass is 10.0. The van der Waals surface area contributed by atoms with Gasteiger partial charge in [-0.3, -0.25) is 4.90 Å². The second-order valence-electron chi connectivity index (χ2n) is 5.98. The fourth-order valence-corrected chi connectivity index (χ4v) is 2.87. The Morgan fingerprint density at radius 3 is 2.24 bits per heavy atom. The number of aliphatic hydroxyl groups is 2. The van der Waals surface area contributed by atoms with Crippen LogP contribution in [0.3, 0.4) is 0 Å². The van der Waals surface area contributed by atoms with Crippen LogP contribution in [0.2, 0.25) is 0 Å². The van der Waals surface area contributed by atoms with Crippen LogP contribution in [-0.2, 0) is 0 Å². The van der Waals surface area contributed by atoms with Crippen LogP contribution in [0, 0.1) is 6.92 Å². The summed E-state index contributed by atoms with van der Waals surface area (Å²) in [7, 11) is 0. The van der Waals surface area contributed by atoms with E-state index in [1.54, 1.807) is 0 Å². The highest BCUT2D eigenvalue weighted by atomic mass is 16.3. The molecule has 0 radical (unpaired) electrons. The largest absolute Gasteiger partial charge is 0.395 e. The number of nitrogens with zero attached hydrogens (tertiary/aromatic N) is 2. The maximum Gasteiger partial charge on any atom is 0.0802 e. The van der Waals surface area contributed by atoms with Gasteiger partial charge < -0.3 is 15.1 Å². The number of hydrogen-bond donors (Lipinski definition) is 2. The molecule has 1 saturated heterocycles. The molecule has 1 aromatic rings. The van der Waals surface area contributed by atoms with Gasteiger partial charge in [-0.1, -0.05) is 29.8 Å². The smallest absolute Gasteiger partial charge is 0.0802 e. The molecular weight excluding hydrogens is 264 g/mol. The van der Waals surface area contributed by atoms with Crippen molar-refractivity contribution in [1.29, 1.82) is 0 Å². The molecular formula is C17H28N2O2. The Balaban J connectivity index is 1.76. The number of rotatable bonds is 6. The zero-order chi connectivity index (χ0) is 15.1. The fraction of sp³-hybridized carbons (Fsp3) is 0.647. The van der Waals surface area contributed by atoms with Crippen LogP contribution >= 0.6 is 0 Å². The summed E-state index contributed by atoms with van der Waals surface area (Å²) in [5.74, 6) is 0. The third kappa shape index (κ3) is 5.40. The van der Waals surface area contributed by atoms with E-state index in [1.807, 2.05) is 12.1 Å². The maximum absolute atomic E-state index is 10.3. The van der Waals surface area contributed by atoms with E-state index in [0.29, 0.717) is 0 Å². The molecule has 0 aliphatic carbocycles. The summed E-state index contributed by atoms with van der Waals surface area (Å²) in [5.41, 5.74) is 2.24. The molecule has 4 nitrogen and oxygen atoms in total. The highest BCUT2D eigenvalue weighted by Crippen LogP contribution is 2.18. The van der Waals surface area contributed by atoms with Crippen molar-refractivity contribution in [3.8, 4) is 0 Å². The third-order valence-corrected chi connectivity index (χ3v) is 4.28. The molecule has 1 aliphatic heterocycles. The average molecular weight is 292 g/mol. The average Bonchev–Trinajstić information content (AvgIpc) is 2.71. The molecule has 1 unspecified atom stereocenters. The number of aryl methyl sites for hydroxylation is 1. The molecule has 1 aliphatic rings. The quantitative estimate of drug-likeness (QED) is 0.832. The molecule has 21 heavy (non-hydrogen) atoms. The van der Waals surface area contributed by atoms with Crippen molar-refractivity contribution in [3.63, 3.8) is 0 Å². The van der Waals surface area contributed by atoms with Crippen molar-refractivity contribution in [1.82, 2.24) is 9.80 Å². The lowest BCUT2D eigenvalue weighted by molar-refractivity contribution is 0.141. The Kier molecular flexibility index (Phi) is 6.64. The Morgan fingerprint density at radius 2 is 1.62 bits per heavy atom. The molecule has 2 rings (SSSR count). The molecule has 1 heterocycles. The van der Waals surface area contributed by atoms with Gasteiger partial charge in [-0.15, -0.1) is 0 Å². The Bertz CT molecular complexity index is 408. The van der Waals surface area contributed by atoms with Gasteiger partial charge in [-0.25, -0.2) is 0 Å². The monoisotopic (exact) mass is 292 g/mol. The molecule has 1 fully saturated rings. The topological polar surface area (TPSA) is 46.9 Å². The van der Waals surface area contributed by atoms with Gasteiger partial charge in [-0.2, -0.15) is 0 Å². The molecule has 0 saturated carbocycles. The van der Waals surface area contributed by atoms with Gasteiger partial charge in [0, 0.05) is 26.2 Å². The van der Waals surface area contributed by atoms with Crippen LogP contribution in [-0.4, -0.2) is 65.9 Å². The van der Waals surface area contributed by atoms with Gasteiger partial charge in [0.05, 0.1) is 12.7 Å². The predicted octanol–water partition coefficient (Wildman–Crippen LogP) is 1.42. The fourth-order valence-electron chi connectivity index (χ4n) is 2.87. The minimum absolute atomic E-state index is 0.242. The van der Waals surface area contributed by atoms with E-state index < -0.39 is 0 Å². The van der Waals surface area contributed by atoms with Crippen molar-refractivity contribution in [2.24, 2.45) is 0 Å². The summed E-state index contributed by atoms with van der Waals surface area (Å²) in [4.78, 5) is 4.74. The zero-order valence-electron chi connectivity index (χ0n) is 13.0. The number of aliphatic hydroxyl groups excluding tert-OH is 2. The Hall–Kier alpha value is -0.940. The molecule has 0 aromatic heterocycles. The summed E-state index contributed by atoms with van der Waals surface area (Å²) < 4.78 is 0. The molecule has 0 bridgehead atoms. The first-order chi connectivity index (χ1) is 10.2. The Morgan fingerprint density at radius 1 is 1.00 bits per heavy atom. The third-order valence-electron chi connectivity index (χ3n) is 4.28. The van der Waals surface area contributed by atoms with E-state index in [2.05, 4.69) is 28.9 Å². The van der Waals surface area contributed by atoms with E-state index in [1.165, 1.54) is 5.56 Å². The maximum atomic E-state index is 10.3. The molecule has 0 spiro atoms. The first kappa shape index (κ1) is 16.4. The van der Waals surface area contributed by atoms with Crippen molar-refractivity contribution < 1.29 is 10.2 Å². The van der Waals surface area contributed by atoms with Crippen LogP contribution in [0.15, 0.2) is 24.3 Å². The minimum Gasteiger partial charge on any atom is -0.395 e. The summed E-state index contributed by atoms with van der Waals surface area (Å²) in [6.07, 6.45) is 1.55. The summed E-state index contributed by atoms with van der Waals surface area (Å²) in [6, 6.07) is 8.14. The van der Waals surface area contributed by atoms with Gasteiger partial charge in [0.2, 0.25) is 0 Å². The highest BCUT2D eigenvalue weighted by molar-refractivity contribution is 5.23. The van der Waals surface area contributed by atoms with Crippen LogP contribution in [0.5, 0.6) is 0 Å².